The normalized spacial score (nSPS) is 12.2. The van der Waals surface area contributed by atoms with Crippen LogP contribution in [-0.4, -0.2) is 62.7 Å². The van der Waals surface area contributed by atoms with Gasteiger partial charge in [-0.05, 0) is 36.6 Å². The first-order valence-corrected chi connectivity index (χ1v) is 14.6. The number of nitrogens with zero attached hydrogens (tertiary/aromatic N) is 3. The molecule has 40 heavy (non-hydrogen) atoms. The van der Waals surface area contributed by atoms with Gasteiger partial charge in [0.15, 0.2) is 0 Å². The quantitative estimate of drug-likeness (QED) is 0.339. The first kappa shape index (κ1) is 30.8. The van der Waals surface area contributed by atoms with Crippen molar-refractivity contribution in [2.45, 2.75) is 39.3 Å². The highest BCUT2D eigenvalue weighted by Gasteiger charge is 2.35. The van der Waals surface area contributed by atoms with Crippen molar-refractivity contribution >= 4 is 27.7 Å². The maximum absolute atomic E-state index is 14.9. The van der Waals surface area contributed by atoms with Crippen LogP contribution >= 0.6 is 0 Å². The van der Waals surface area contributed by atoms with Crippen LogP contribution in [0.4, 0.5) is 10.1 Å². The van der Waals surface area contributed by atoms with Crippen molar-refractivity contribution in [2.24, 2.45) is 0 Å². The van der Waals surface area contributed by atoms with Gasteiger partial charge in [0.25, 0.3) is 0 Å². The number of carbonyl (C=O) groups is 2. The lowest BCUT2D eigenvalue weighted by molar-refractivity contribution is -0.140. The summed E-state index contributed by atoms with van der Waals surface area (Å²) in [6.07, 6.45) is 0.922. The number of rotatable bonds is 13. The van der Waals surface area contributed by atoms with Gasteiger partial charge in [-0.25, -0.2) is 8.70 Å². The molecule has 0 fully saturated rings. The minimum absolute atomic E-state index is 0.0602. The average Bonchev–Trinajstić information content (AvgIpc) is 2.93. The first-order valence-electron chi connectivity index (χ1n) is 13.2. The summed E-state index contributed by atoms with van der Waals surface area (Å²) >= 11 is 0. The Labute approximate surface area is 236 Å². The molecule has 8 nitrogen and oxygen atoms in total. The largest absolute Gasteiger partial charge is 0.354 e. The van der Waals surface area contributed by atoms with Gasteiger partial charge in [-0.1, -0.05) is 79.2 Å². The lowest BCUT2D eigenvalue weighted by Crippen LogP contribution is -2.54. The summed E-state index contributed by atoms with van der Waals surface area (Å²) in [5.41, 5.74) is 2.34. The molecule has 3 aromatic rings. The fourth-order valence-corrected chi connectivity index (χ4v) is 5.35. The van der Waals surface area contributed by atoms with E-state index in [1.54, 1.807) is 0 Å². The summed E-state index contributed by atoms with van der Waals surface area (Å²) in [6.45, 7) is 3.65. The predicted molar refractivity (Wildman–Crippen MR) is 155 cm³/mol. The van der Waals surface area contributed by atoms with Crippen LogP contribution in [0.25, 0.3) is 0 Å². The monoisotopic (exact) mass is 568 g/mol. The summed E-state index contributed by atoms with van der Waals surface area (Å²) in [6, 6.07) is 21.3. The van der Waals surface area contributed by atoms with E-state index in [-0.39, 0.29) is 24.6 Å². The summed E-state index contributed by atoms with van der Waals surface area (Å²) in [5, 5.41) is 2.89. The fourth-order valence-electron chi connectivity index (χ4n) is 4.28. The van der Waals surface area contributed by atoms with E-state index in [9.17, 15) is 22.4 Å². The summed E-state index contributed by atoms with van der Waals surface area (Å²) < 4.78 is 43.2. The number of benzene rings is 3. The Balaban J connectivity index is 2.09. The Morgan fingerprint density at radius 2 is 1.57 bits per heavy atom. The van der Waals surface area contributed by atoms with Gasteiger partial charge >= 0.3 is 10.2 Å². The number of hydrogen-bond acceptors (Lipinski definition) is 4. The van der Waals surface area contributed by atoms with Gasteiger partial charge < -0.3 is 10.2 Å². The number of carbonyl (C=O) groups excluding carboxylic acids is 2. The van der Waals surface area contributed by atoms with Crippen LogP contribution in [0, 0.1) is 12.7 Å². The van der Waals surface area contributed by atoms with Gasteiger partial charge in [0.1, 0.15) is 18.4 Å². The molecule has 1 atom stereocenters. The van der Waals surface area contributed by atoms with Crippen LogP contribution in [0.2, 0.25) is 0 Å². The molecular formula is C30H37FN4O4S. The van der Waals surface area contributed by atoms with Crippen molar-refractivity contribution < 1.29 is 22.4 Å². The predicted octanol–water partition coefficient (Wildman–Crippen LogP) is 3.91. The van der Waals surface area contributed by atoms with Crippen LogP contribution in [-0.2, 0) is 32.8 Å². The molecule has 214 valence electrons. The summed E-state index contributed by atoms with van der Waals surface area (Å²) in [5.74, 6) is -1.77. The maximum atomic E-state index is 14.9. The Morgan fingerprint density at radius 3 is 2.20 bits per heavy atom. The molecule has 0 radical (unpaired) electrons. The van der Waals surface area contributed by atoms with E-state index in [2.05, 4.69) is 5.32 Å². The topological polar surface area (TPSA) is 90.0 Å². The third-order valence-electron chi connectivity index (χ3n) is 6.40. The van der Waals surface area contributed by atoms with Crippen molar-refractivity contribution in [2.75, 3.05) is 31.5 Å². The smallest absolute Gasteiger partial charge is 0.304 e. The second-order valence-corrected chi connectivity index (χ2v) is 11.8. The summed E-state index contributed by atoms with van der Waals surface area (Å²) in [7, 11) is -1.63. The highest BCUT2D eigenvalue weighted by Crippen LogP contribution is 2.24. The lowest BCUT2D eigenvalue weighted by Gasteiger charge is -2.34. The molecule has 0 aliphatic carbocycles. The van der Waals surface area contributed by atoms with E-state index in [1.165, 1.54) is 37.2 Å². The van der Waals surface area contributed by atoms with E-state index >= 15 is 0 Å². The molecule has 1 N–H and O–H groups in total. The van der Waals surface area contributed by atoms with Crippen molar-refractivity contribution in [3.63, 3.8) is 0 Å². The third-order valence-corrected chi connectivity index (χ3v) is 8.20. The van der Waals surface area contributed by atoms with E-state index in [0.717, 1.165) is 31.4 Å². The van der Waals surface area contributed by atoms with Crippen LogP contribution in [0.1, 0.15) is 30.0 Å². The van der Waals surface area contributed by atoms with E-state index in [1.807, 2.05) is 68.4 Å². The lowest BCUT2D eigenvalue weighted by atomic mass is 10.0. The molecule has 3 rings (SSSR count). The van der Waals surface area contributed by atoms with Gasteiger partial charge in [-0.3, -0.25) is 9.59 Å². The fraction of sp³-hybridized carbons (Fsp3) is 0.333. The zero-order valence-electron chi connectivity index (χ0n) is 23.4. The molecule has 0 spiro atoms. The van der Waals surface area contributed by atoms with Crippen LogP contribution in [0.15, 0.2) is 78.9 Å². The molecule has 0 bridgehead atoms. The SMILES string of the molecule is CCCNC(=O)[C@H](Cc1ccccc1)N(Cc1cccc(C)c1)C(=O)CN(c1ccccc1F)S(=O)(=O)N(C)C. The second-order valence-electron chi connectivity index (χ2n) is 9.76. The van der Waals surface area contributed by atoms with Crippen molar-refractivity contribution in [1.29, 1.82) is 0 Å². The van der Waals surface area contributed by atoms with Gasteiger partial charge in [0.2, 0.25) is 11.8 Å². The number of aryl methyl sites for hydroxylation is 1. The maximum Gasteiger partial charge on any atom is 0.304 e. The number of halogens is 1. The Kier molecular flexibility index (Phi) is 10.8. The summed E-state index contributed by atoms with van der Waals surface area (Å²) in [4.78, 5) is 29.0. The number of para-hydroxylation sites is 1. The molecule has 0 aliphatic rings. The highest BCUT2D eigenvalue weighted by atomic mass is 32.2. The molecule has 0 aromatic heterocycles. The zero-order valence-corrected chi connectivity index (χ0v) is 24.2. The Morgan fingerprint density at radius 1 is 0.925 bits per heavy atom. The van der Waals surface area contributed by atoms with E-state index < -0.39 is 34.5 Å². The zero-order chi connectivity index (χ0) is 29.3. The first-order chi connectivity index (χ1) is 19.0. The molecule has 0 unspecified atom stereocenters. The van der Waals surface area contributed by atoms with Gasteiger partial charge in [-0.2, -0.15) is 12.7 Å². The van der Waals surface area contributed by atoms with Crippen molar-refractivity contribution in [1.82, 2.24) is 14.5 Å². The van der Waals surface area contributed by atoms with Gasteiger partial charge in [-0.15, -0.1) is 0 Å². The number of nitrogens with one attached hydrogen (secondary N) is 1. The molecule has 0 saturated heterocycles. The molecule has 3 aromatic carbocycles. The van der Waals surface area contributed by atoms with Crippen molar-refractivity contribution in [3.05, 3.63) is 101 Å². The molecular weight excluding hydrogens is 531 g/mol. The standard InChI is InChI=1S/C30H37FN4O4S/c1-5-18-32-30(37)28(20-24-13-7-6-8-14-24)34(21-25-15-11-12-23(2)19-25)29(36)22-35(40(38,39)33(3)4)27-17-10-9-16-26(27)31/h6-17,19,28H,5,18,20-22H2,1-4H3,(H,32,37)/t28-/m0/s1. The van der Waals surface area contributed by atoms with Gasteiger partial charge in [0, 0.05) is 33.6 Å². The molecule has 0 saturated carbocycles. The second kappa shape index (κ2) is 14.0. The molecule has 0 heterocycles. The number of anilines is 1. The minimum Gasteiger partial charge on any atom is -0.354 e. The van der Waals surface area contributed by atoms with E-state index in [4.69, 9.17) is 0 Å². The minimum atomic E-state index is -4.26. The third kappa shape index (κ3) is 7.89. The number of amides is 2. The van der Waals surface area contributed by atoms with Gasteiger partial charge in [0.05, 0.1) is 5.69 Å². The highest BCUT2D eigenvalue weighted by molar-refractivity contribution is 7.90. The Hall–Kier alpha value is -3.76. The van der Waals surface area contributed by atoms with Crippen LogP contribution in [0.5, 0.6) is 0 Å². The molecule has 0 aliphatic heterocycles. The molecule has 2 amide bonds. The Bertz CT molecular complexity index is 1400. The van der Waals surface area contributed by atoms with Crippen molar-refractivity contribution in [3.8, 4) is 0 Å². The van der Waals surface area contributed by atoms with Crippen LogP contribution < -0.4 is 9.62 Å². The van der Waals surface area contributed by atoms with E-state index in [0.29, 0.717) is 13.0 Å². The molecule has 10 heteroatoms. The van der Waals surface area contributed by atoms with Crippen LogP contribution in [0.3, 0.4) is 0 Å². The number of hydrogen-bond donors (Lipinski definition) is 1. The average molecular weight is 569 g/mol.